The van der Waals surface area contributed by atoms with E-state index >= 15 is 0 Å². The molecule has 2 rings (SSSR count). The molecule has 0 saturated carbocycles. The quantitative estimate of drug-likeness (QED) is 0.422. The van der Waals surface area contributed by atoms with E-state index in [0.717, 1.165) is 11.3 Å². The summed E-state index contributed by atoms with van der Waals surface area (Å²) in [6.45, 7) is 1.92. The van der Waals surface area contributed by atoms with Gasteiger partial charge < -0.3 is 16.2 Å². The number of hydrogen-bond acceptors (Lipinski definition) is 2. The molecule has 0 radical (unpaired) electrons. The van der Waals surface area contributed by atoms with Crippen LogP contribution >= 0.6 is 24.0 Å². The normalized spacial score (nSPS) is 13.9. The lowest BCUT2D eigenvalue weighted by Gasteiger charge is -2.21. The summed E-state index contributed by atoms with van der Waals surface area (Å²) in [5, 5.41) is 13.4. The molecule has 2 aromatic carbocycles. The Morgan fingerprint density at radius 2 is 1.62 bits per heavy atom. The summed E-state index contributed by atoms with van der Waals surface area (Å²) < 4.78 is 0. The number of aliphatic hydroxyl groups is 1. The summed E-state index contributed by atoms with van der Waals surface area (Å²) in [4.78, 5) is 4.20. The van der Waals surface area contributed by atoms with Gasteiger partial charge in [-0.25, -0.2) is 4.99 Å². The van der Waals surface area contributed by atoms with Crippen LogP contribution in [-0.4, -0.2) is 17.6 Å². The second-order valence-electron chi connectivity index (χ2n) is 4.83. The first kappa shape index (κ1) is 17.5. The number of nitrogens with zero attached hydrogens (tertiary/aromatic N) is 1. The lowest BCUT2D eigenvalue weighted by Crippen LogP contribution is -2.29. The minimum absolute atomic E-state index is 0. The van der Waals surface area contributed by atoms with E-state index in [1.807, 2.05) is 60.7 Å². The summed E-state index contributed by atoms with van der Waals surface area (Å²) in [5.41, 5.74) is 6.47. The Bertz CT molecular complexity index is 571. The van der Waals surface area contributed by atoms with Crippen molar-refractivity contribution in [3.05, 3.63) is 66.2 Å². The Labute approximate surface area is 142 Å². The van der Waals surface area contributed by atoms with Crippen LogP contribution in [0.5, 0.6) is 0 Å². The van der Waals surface area contributed by atoms with Crippen molar-refractivity contribution in [3.8, 4) is 0 Å². The summed E-state index contributed by atoms with van der Waals surface area (Å²) in [6, 6.07) is 19.0. The zero-order valence-electron chi connectivity index (χ0n) is 11.9. The summed E-state index contributed by atoms with van der Waals surface area (Å²) >= 11 is 0. The van der Waals surface area contributed by atoms with Gasteiger partial charge in [0.1, 0.15) is 5.60 Å². The maximum absolute atomic E-state index is 10.4. The van der Waals surface area contributed by atoms with Crippen molar-refractivity contribution in [2.75, 3.05) is 11.9 Å². The molecule has 0 amide bonds. The number of hydrogen-bond donors (Lipinski definition) is 3. The van der Waals surface area contributed by atoms with Crippen LogP contribution in [0.4, 0.5) is 5.69 Å². The standard InChI is InChI=1S/C16H19N3O.HI/c1-16(20,13-8-4-2-5-9-13)12-18-15(17)19-14-10-6-3-7-11-14;/h2-11,20H,12H2,1H3,(H3,17,18,19);1H. The lowest BCUT2D eigenvalue weighted by molar-refractivity contribution is 0.0674. The van der Waals surface area contributed by atoms with Crippen LogP contribution in [0.25, 0.3) is 0 Å². The fourth-order valence-corrected chi connectivity index (χ4v) is 1.84. The number of aliphatic imine (C=N–C) groups is 1. The molecule has 0 fully saturated rings. The van der Waals surface area contributed by atoms with Crippen molar-refractivity contribution in [1.29, 1.82) is 0 Å². The van der Waals surface area contributed by atoms with Crippen LogP contribution < -0.4 is 11.1 Å². The molecular formula is C16H20IN3O. The highest BCUT2D eigenvalue weighted by Crippen LogP contribution is 2.20. The maximum atomic E-state index is 10.4. The summed E-state index contributed by atoms with van der Waals surface area (Å²) in [7, 11) is 0. The third-order valence-corrected chi connectivity index (χ3v) is 3.00. The lowest BCUT2D eigenvalue weighted by atomic mass is 9.96. The molecular weight excluding hydrogens is 377 g/mol. The van der Waals surface area contributed by atoms with E-state index in [-0.39, 0.29) is 36.5 Å². The highest BCUT2D eigenvalue weighted by molar-refractivity contribution is 14.0. The van der Waals surface area contributed by atoms with E-state index in [1.165, 1.54) is 0 Å². The average molecular weight is 397 g/mol. The van der Waals surface area contributed by atoms with Crippen LogP contribution in [0.15, 0.2) is 65.7 Å². The molecule has 5 heteroatoms. The van der Waals surface area contributed by atoms with Crippen LogP contribution in [0.2, 0.25) is 0 Å². The van der Waals surface area contributed by atoms with Crippen LogP contribution in [-0.2, 0) is 5.60 Å². The van der Waals surface area contributed by atoms with Gasteiger partial charge in [-0.05, 0) is 24.6 Å². The molecule has 0 saturated heterocycles. The van der Waals surface area contributed by atoms with Gasteiger partial charge in [-0.3, -0.25) is 0 Å². The van der Waals surface area contributed by atoms with E-state index in [1.54, 1.807) is 6.92 Å². The maximum Gasteiger partial charge on any atom is 0.193 e. The Morgan fingerprint density at radius 1 is 1.10 bits per heavy atom. The predicted octanol–water partition coefficient (Wildman–Crippen LogP) is 2.94. The molecule has 0 aromatic heterocycles. The third-order valence-electron chi connectivity index (χ3n) is 3.00. The van der Waals surface area contributed by atoms with Crippen molar-refractivity contribution in [2.45, 2.75) is 12.5 Å². The number of anilines is 1. The highest BCUT2D eigenvalue weighted by atomic mass is 127. The molecule has 1 unspecified atom stereocenters. The van der Waals surface area contributed by atoms with E-state index in [9.17, 15) is 5.11 Å². The fourth-order valence-electron chi connectivity index (χ4n) is 1.84. The number of para-hydroxylation sites is 1. The van der Waals surface area contributed by atoms with Gasteiger partial charge in [0.05, 0.1) is 6.54 Å². The number of guanidine groups is 1. The first-order valence-corrected chi connectivity index (χ1v) is 6.48. The molecule has 21 heavy (non-hydrogen) atoms. The van der Waals surface area contributed by atoms with Gasteiger partial charge in [0.15, 0.2) is 5.96 Å². The highest BCUT2D eigenvalue weighted by Gasteiger charge is 2.22. The SMILES string of the molecule is CC(O)(CN=C(N)Nc1ccccc1)c1ccccc1.I. The van der Waals surface area contributed by atoms with Crippen molar-refractivity contribution in [2.24, 2.45) is 10.7 Å². The molecule has 4 N–H and O–H groups in total. The van der Waals surface area contributed by atoms with Crippen LogP contribution in [0, 0.1) is 0 Å². The molecule has 2 aromatic rings. The van der Waals surface area contributed by atoms with E-state index in [0.29, 0.717) is 0 Å². The molecule has 0 heterocycles. The van der Waals surface area contributed by atoms with Crippen molar-refractivity contribution >= 4 is 35.6 Å². The van der Waals surface area contributed by atoms with Crippen molar-refractivity contribution in [1.82, 2.24) is 0 Å². The van der Waals surface area contributed by atoms with E-state index < -0.39 is 5.60 Å². The smallest absolute Gasteiger partial charge is 0.193 e. The van der Waals surface area contributed by atoms with Gasteiger partial charge in [0, 0.05) is 5.69 Å². The van der Waals surface area contributed by atoms with E-state index in [2.05, 4.69) is 10.3 Å². The second kappa shape index (κ2) is 7.99. The Morgan fingerprint density at radius 3 is 2.19 bits per heavy atom. The Kier molecular flexibility index (Phi) is 6.64. The number of nitrogens with two attached hydrogens (primary N) is 1. The molecule has 1 atom stereocenters. The van der Waals surface area contributed by atoms with Crippen molar-refractivity contribution < 1.29 is 5.11 Å². The zero-order chi connectivity index (χ0) is 14.4. The minimum Gasteiger partial charge on any atom is -0.384 e. The zero-order valence-corrected chi connectivity index (χ0v) is 14.2. The first-order valence-electron chi connectivity index (χ1n) is 6.48. The number of nitrogens with one attached hydrogen (secondary N) is 1. The second-order valence-corrected chi connectivity index (χ2v) is 4.83. The van der Waals surface area contributed by atoms with Crippen LogP contribution in [0.3, 0.4) is 0 Å². The summed E-state index contributed by atoms with van der Waals surface area (Å²) in [6.07, 6.45) is 0. The van der Waals surface area contributed by atoms with Gasteiger partial charge >= 0.3 is 0 Å². The van der Waals surface area contributed by atoms with E-state index in [4.69, 9.17) is 5.73 Å². The van der Waals surface area contributed by atoms with Crippen LogP contribution in [0.1, 0.15) is 12.5 Å². The number of rotatable bonds is 4. The Hall–Kier alpha value is -1.60. The number of halogens is 1. The van der Waals surface area contributed by atoms with Gasteiger partial charge in [0.2, 0.25) is 0 Å². The van der Waals surface area contributed by atoms with Gasteiger partial charge in [-0.1, -0.05) is 48.5 Å². The number of benzene rings is 2. The van der Waals surface area contributed by atoms with Crippen molar-refractivity contribution in [3.63, 3.8) is 0 Å². The molecule has 0 spiro atoms. The molecule has 0 aliphatic rings. The average Bonchev–Trinajstić information content (AvgIpc) is 2.47. The predicted molar refractivity (Wildman–Crippen MR) is 98.0 cm³/mol. The molecule has 0 aliphatic carbocycles. The molecule has 0 bridgehead atoms. The summed E-state index contributed by atoms with van der Waals surface area (Å²) in [5.74, 6) is 0.285. The first-order chi connectivity index (χ1) is 9.58. The third kappa shape index (κ3) is 5.35. The molecule has 112 valence electrons. The van der Waals surface area contributed by atoms with Gasteiger partial charge in [-0.2, -0.15) is 0 Å². The Balaban J connectivity index is 0.00000220. The monoisotopic (exact) mass is 397 g/mol. The minimum atomic E-state index is -1.04. The fraction of sp³-hybridized carbons (Fsp3) is 0.188. The molecule has 0 aliphatic heterocycles. The van der Waals surface area contributed by atoms with Gasteiger partial charge in [-0.15, -0.1) is 24.0 Å². The molecule has 4 nitrogen and oxygen atoms in total. The van der Waals surface area contributed by atoms with Gasteiger partial charge in [0.25, 0.3) is 0 Å². The topological polar surface area (TPSA) is 70.6 Å². The largest absolute Gasteiger partial charge is 0.384 e.